The van der Waals surface area contributed by atoms with E-state index in [9.17, 15) is 0 Å². The molecule has 0 spiro atoms. The smallest absolute Gasteiger partial charge is 0.113 e. The first-order chi connectivity index (χ1) is 11.7. The number of rotatable bonds is 3. The lowest BCUT2D eigenvalue weighted by Crippen LogP contribution is -2.16. The van der Waals surface area contributed by atoms with E-state index in [1.54, 1.807) is 0 Å². The van der Waals surface area contributed by atoms with E-state index in [1.165, 1.54) is 47.3 Å². The second-order valence-electron chi connectivity index (χ2n) is 6.92. The van der Waals surface area contributed by atoms with Crippen LogP contribution in [0.3, 0.4) is 0 Å². The first kappa shape index (κ1) is 15.0. The van der Waals surface area contributed by atoms with Crippen LogP contribution in [-0.2, 0) is 6.54 Å². The van der Waals surface area contributed by atoms with E-state index in [1.807, 2.05) is 12.1 Å². The Balaban J connectivity index is 1.81. The Morgan fingerprint density at radius 2 is 1.83 bits per heavy atom. The summed E-state index contributed by atoms with van der Waals surface area (Å²) >= 11 is 0. The molecule has 1 fully saturated rings. The summed E-state index contributed by atoms with van der Waals surface area (Å²) < 4.78 is 2.38. The quantitative estimate of drug-likeness (QED) is 0.694. The fraction of sp³-hybridized carbons (Fsp3) is 0.333. The van der Waals surface area contributed by atoms with Gasteiger partial charge in [-0.2, -0.15) is 5.26 Å². The average molecular weight is 315 g/mol. The van der Waals surface area contributed by atoms with Crippen molar-refractivity contribution in [2.45, 2.75) is 45.6 Å². The molecule has 1 aliphatic carbocycles. The predicted octanol–water partition coefficient (Wildman–Crippen LogP) is 4.84. The Morgan fingerprint density at radius 3 is 2.46 bits per heavy atom. The highest BCUT2D eigenvalue weighted by molar-refractivity contribution is 5.78. The van der Waals surface area contributed by atoms with Gasteiger partial charge in [-0.1, -0.05) is 18.6 Å². The van der Waals surface area contributed by atoms with Gasteiger partial charge in [-0.3, -0.25) is 0 Å². The maximum absolute atomic E-state index is 8.97. The summed E-state index contributed by atoms with van der Waals surface area (Å²) in [6.45, 7) is 5.13. The summed E-state index contributed by atoms with van der Waals surface area (Å²) in [5.74, 6) is 1.82. The molecule has 0 bridgehead atoms. The Labute approximate surface area is 142 Å². The molecule has 0 N–H and O–H groups in total. The molecule has 0 radical (unpaired) electrons. The standard InChI is InChI=1S/C21H21N3/c1-14-10-19-20(11-15(14)2)24(21(23-19)18-4-3-5-18)13-17-8-6-16(12-22)7-9-17/h6-11,18H,3-5,13H2,1-2H3. The van der Waals surface area contributed by atoms with Crippen molar-refractivity contribution in [3.8, 4) is 6.07 Å². The number of hydrogen-bond acceptors (Lipinski definition) is 2. The minimum Gasteiger partial charge on any atom is -0.323 e. The predicted molar refractivity (Wildman–Crippen MR) is 96.1 cm³/mol. The van der Waals surface area contributed by atoms with Crippen molar-refractivity contribution in [1.29, 1.82) is 5.26 Å². The Morgan fingerprint density at radius 1 is 1.12 bits per heavy atom. The van der Waals surface area contributed by atoms with Gasteiger partial charge >= 0.3 is 0 Å². The molecule has 4 rings (SSSR count). The normalized spacial score (nSPS) is 14.5. The molecular formula is C21H21N3. The molecule has 24 heavy (non-hydrogen) atoms. The van der Waals surface area contributed by atoms with Crippen LogP contribution >= 0.6 is 0 Å². The van der Waals surface area contributed by atoms with Crippen molar-refractivity contribution in [3.05, 3.63) is 64.5 Å². The summed E-state index contributed by atoms with van der Waals surface area (Å²) in [6.07, 6.45) is 3.80. The van der Waals surface area contributed by atoms with Crippen LogP contribution in [0.2, 0.25) is 0 Å². The molecule has 1 saturated carbocycles. The van der Waals surface area contributed by atoms with Gasteiger partial charge in [0.2, 0.25) is 0 Å². The van der Waals surface area contributed by atoms with Crippen LogP contribution < -0.4 is 0 Å². The first-order valence-corrected chi connectivity index (χ1v) is 8.62. The fourth-order valence-electron chi connectivity index (χ4n) is 3.41. The number of aromatic nitrogens is 2. The van der Waals surface area contributed by atoms with E-state index in [0.717, 1.165) is 12.1 Å². The Bertz CT molecular complexity index is 938. The third-order valence-electron chi connectivity index (χ3n) is 5.29. The van der Waals surface area contributed by atoms with Crippen molar-refractivity contribution in [1.82, 2.24) is 9.55 Å². The SMILES string of the molecule is Cc1cc2nc(C3CCC3)n(Cc3ccc(C#N)cc3)c2cc1C. The number of benzene rings is 2. The zero-order valence-electron chi connectivity index (χ0n) is 14.2. The maximum Gasteiger partial charge on any atom is 0.113 e. The zero-order chi connectivity index (χ0) is 16.7. The van der Waals surface area contributed by atoms with E-state index >= 15 is 0 Å². The van der Waals surface area contributed by atoms with Gasteiger partial charge in [0.15, 0.2) is 0 Å². The number of aryl methyl sites for hydroxylation is 2. The Kier molecular flexibility index (Phi) is 3.61. The number of hydrogen-bond donors (Lipinski definition) is 0. The van der Waals surface area contributed by atoms with Crippen molar-refractivity contribution in [2.75, 3.05) is 0 Å². The number of imidazole rings is 1. The van der Waals surface area contributed by atoms with E-state index in [2.05, 4.69) is 48.7 Å². The second kappa shape index (κ2) is 5.79. The van der Waals surface area contributed by atoms with E-state index < -0.39 is 0 Å². The number of nitriles is 1. The number of nitrogens with zero attached hydrogens (tertiary/aromatic N) is 3. The van der Waals surface area contributed by atoms with Gasteiger partial charge in [0.05, 0.1) is 22.7 Å². The van der Waals surface area contributed by atoms with Gasteiger partial charge in [-0.15, -0.1) is 0 Å². The van der Waals surface area contributed by atoms with Crippen LogP contribution in [0.4, 0.5) is 0 Å². The Hall–Kier alpha value is -2.60. The highest BCUT2D eigenvalue weighted by Gasteiger charge is 2.26. The third kappa shape index (κ3) is 2.49. The molecule has 1 aromatic heterocycles. The first-order valence-electron chi connectivity index (χ1n) is 8.62. The summed E-state index contributed by atoms with van der Waals surface area (Å²) in [7, 11) is 0. The topological polar surface area (TPSA) is 41.6 Å². The lowest BCUT2D eigenvalue weighted by Gasteiger charge is -2.25. The van der Waals surface area contributed by atoms with Crippen molar-refractivity contribution < 1.29 is 0 Å². The molecule has 0 aliphatic heterocycles. The van der Waals surface area contributed by atoms with Crippen LogP contribution in [0.5, 0.6) is 0 Å². The van der Waals surface area contributed by atoms with Gasteiger partial charge in [0.25, 0.3) is 0 Å². The van der Waals surface area contributed by atoms with Crippen LogP contribution in [0.25, 0.3) is 11.0 Å². The molecule has 3 aromatic rings. The molecule has 0 unspecified atom stereocenters. The molecule has 1 heterocycles. The lowest BCUT2D eigenvalue weighted by molar-refractivity contribution is 0.392. The zero-order valence-corrected chi connectivity index (χ0v) is 14.2. The van der Waals surface area contributed by atoms with Crippen molar-refractivity contribution >= 4 is 11.0 Å². The van der Waals surface area contributed by atoms with Gasteiger partial charge < -0.3 is 4.57 Å². The van der Waals surface area contributed by atoms with E-state index in [-0.39, 0.29) is 0 Å². The molecule has 0 amide bonds. The summed E-state index contributed by atoms with van der Waals surface area (Å²) in [5.41, 5.74) is 6.86. The molecule has 0 atom stereocenters. The average Bonchev–Trinajstić information content (AvgIpc) is 2.85. The van der Waals surface area contributed by atoms with Crippen LogP contribution in [0, 0.1) is 25.2 Å². The van der Waals surface area contributed by atoms with Crippen molar-refractivity contribution in [3.63, 3.8) is 0 Å². The minimum absolute atomic E-state index is 0.594. The summed E-state index contributed by atoms with van der Waals surface area (Å²) in [5, 5.41) is 8.97. The third-order valence-corrected chi connectivity index (χ3v) is 5.29. The molecular weight excluding hydrogens is 294 g/mol. The van der Waals surface area contributed by atoms with Crippen LogP contribution in [0.15, 0.2) is 36.4 Å². The fourth-order valence-corrected chi connectivity index (χ4v) is 3.41. The van der Waals surface area contributed by atoms with Gasteiger partial charge in [-0.05, 0) is 67.6 Å². The highest BCUT2D eigenvalue weighted by atomic mass is 15.1. The molecule has 2 aromatic carbocycles. The van der Waals surface area contributed by atoms with E-state index in [4.69, 9.17) is 10.2 Å². The maximum atomic E-state index is 8.97. The van der Waals surface area contributed by atoms with Crippen LogP contribution in [-0.4, -0.2) is 9.55 Å². The summed E-state index contributed by atoms with van der Waals surface area (Å²) in [6, 6.07) is 14.6. The monoisotopic (exact) mass is 315 g/mol. The molecule has 3 nitrogen and oxygen atoms in total. The summed E-state index contributed by atoms with van der Waals surface area (Å²) in [4.78, 5) is 4.98. The van der Waals surface area contributed by atoms with Crippen molar-refractivity contribution in [2.24, 2.45) is 0 Å². The molecule has 3 heteroatoms. The second-order valence-corrected chi connectivity index (χ2v) is 6.92. The van der Waals surface area contributed by atoms with Gasteiger partial charge in [0, 0.05) is 12.5 Å². The molecule has 0 saturated heterocycles. The molecule has 120 valence electrons. The van der Waals surface area contributed by atoms with E-state index in [0.29, 0.717) is 11.5 Å². The van der Waals surface area contributed by atoms with Gasteiger partial charge in [0.1, 0.15) is 5.82 Å². The minimum atomic E-state index is 0.594. The number of fused-ring (bicyclic) bond motifs is 1. The lowest BCUT2D eigenvalue weighted by atomic mass is 9.85. The van der Waals surface area contributed by atoms with Gasteiger partial charge in [-0.25, -0.2) is 4.98 Å². The van der Waals surface area contributed by atoms with Crippen LogP contribution in [0.1, 0.15) is 53.3 Å². The molecule has 1 aliphatic rings. The highest BCUT2D eigenvalue weighted by Crippen LogP contribution is 2.38. The largest absolute Gasteiger partial charge is 0.323 e.